The second kappa shape index (κ2) is 5.83. The zero-order chi connectivity index (χ0) is 15.0. The van der Waals surface area contributed by atoms with Gasteiger partial charge in [-0.1, -0.05) is 25.6 Å². The lowest BCUT2D eigenvalue weighted by molar-refractivity contribution is -0.121. The summed E-state index contributed by atoms with van der Waals surface area (Å²) in [5.74, 6) is 1.22. The molecule has 0 unspecified atom stereocenters. The highest BCUT2D eigenvalue weighted by molar-refractivity contribution is 7.99. The van der Waals surface area contributed by atoms with Crippen LogP contribution in [0, 0.1) is 5.92 Å². The summed E-state index contributed by atoms with van der Waals surface area (Å²) in [5, 5.41) is 3.72. The number of carbonyl (C=O) groups is 1. The maximum absolute atomic E-state index is 12.6. The highest BCUT2D eigenvalue weighted by Gasteiger charge is 2.30. The molecule has 21 heavy (non-hydrogen) atoms. The molecule has 3 rings (SSSR count). The van der Waals surface area contributed by atoms with E-state index in [1.54, 1.807) is 16.3 Å². The smallest absolute Gasteiger partial charge is 0.257 e. The van der Waals surface area contributed by atoms with Crippen molar-refractivity contribution in [2.45, 2.75) is 50.7 Å². The van der Waals surface area contributed by atoms with Crippen LogP contribution in [0.4, 0.5) is 0 Å². The van der Waals surface area contributed by atoms with Gasteiger partial charge in [-0.2, -0.15) is 0 Å². The highest BCUT2D eigenvalue weighted by atomic mass is 32.2. The molecule has 1 atom stereocenters. The topological polar surface area (TPSA) is 64.0 Å². The Hall–Kier alpha value is -1.30. The molecule has 1 aliphatic carbocycles. The summed E-state index contributed by atoms with van der Waals surface area (Å²) in [7, 11) is 0. The van der Waals surface area contributed by atoms with Gasteiger partial charge in [0.25, 0.3) is 5.56 Å². The van der Waals surface area contributed by atoms with Gasteiger partial charge < -0.3 is 5.32 Å². The number of nitrogens with zero attached hydrogens (tertiary/aromatic N) is 2. The van der Waals surface area contributed by atoms with Gasteiger partial charge in [0.05, 0.1) is 11.7 Å². The van der Waals surface area contributed by atoms with Crippen molar-refractivity contribution in [1.82, 2.24) is 14.9 Å². The van der Waals surface area contributed by atoms with E-state index in [0.29, 0.717) is 18.9 Å². The molecule has 1 aromatic heterocycles. The van der Waals surface area contributed by atoms with Crippen LogP contribution >= 0.6 is 11.8 Å². The Kier molecular flexibility index (Phi) is 4.06. The largest absolute Gasteiger partial charge is 0.356 e. The van der Waals surface area contributed by atoms with Gasteiger partial charge in [0, 0.05) is 24.3 Å². The van der Waals surface area contributed by atoms with E-state index in [-0.39, 0.29) is 17.5 Å². The minimum absolute atomic E-state index is 0.0227. The van der Waals surface area contributed by atoms with E-state index in [9.17, 15) is 9.59 Å². The molecule has 1 aromatic rings. The summed E-state index contributed by atoms with van der Waals surface area (Å²) in [5.41, 5.74) is 1.93. The third-order valence-corrected chi connectivity index (χ3v) is 5.10. The van der Waals surface area contributed by atoms with Crippen molar-refractivity contribution in [1.29, 1.82) is 0 Å². The predicted molar refractivity (Wildman–Crippen MR) is 82.7 cm³/mol. The molecule has 0 saturated heterocycles. The Labute approximate surface area is 128 Å². The van der Waals surface area contributed by atoms with Gasteiger partial charge in [-0.25, -0.2) is 4.98 Å². The van der Waals surface area contributed by atoms with Crippen molar-refractivity contribution in [3.8, 4) is 0 Å². The zero-order valence-corrected chi connectivity index (χ0v) is 13.3. The lowest BCUT2D eigenvalue weighted by Gasteiger charge is -2.15. The molecule has 0 aromatic carbocycles. The van der Waals surface area contributed by atoms with Gasteiger partial charge in [-0.15, -0.1) is 0 Å². The minimum Gasteiger partial charge on any atom is -0.356 e. The van der Waals surface area contributed by atoms with E-state index >= 15 is 0 Å². The molecule has 1 aliphatic heterocycles. The van der Waals surface area contributed by atoms with E-state index in [1.165, 1.54) is 0 Å². The van der Waals surface area contributed by atoms with E-state index in [2.05, 4.69) is 24.1 Å². The maximum Gasteiger partial charge on any atom is 0.257 e. The average molecular weight is 307 g/mol. The predicted octanol–water partition coefficient (Wildman–Crippen LogP) is 1.54. The summed E-state index contributed by atoms with van der Waals surface area (Å²) in [6.07, 6.45) is 3.13. The van der Waals surface area contributed by atoms with Gasteiger partial charge in [-0.3, -0.25) is 14.2 Å². The molecule has 1 N–H and O–H groups in total. The Morgan fingerprint density at radius 1 is 1.48 bits per heavy atom. The first-order valence-electron chi connectivity index (χ1n) is 7.60. The van der Waals surface area contributed by atoms with Crippen molar-refractivity contribution in [3.63, 3.8) is 0 Å². The van der Waals surface area contributed by atoms with Crippen molar-refractivity contribution >= 4 is 17.7 Å². The standard InChI is InChI=1S/C15H21N3O2S/c1-9(2)7-16-13(19)6-10-8-21-15-17-12-5-3-4-11(12)14(20)18(10)15/h9-10H,3-8H2,1-2H3,(H,16,19)/t10-/m1/s1. The van der Waals surface area contributed by atoms with Gasteiger partial charge in [0.2, 0.25) is 5.91 Å². The van der Waals surface area contributed by atoms with Crippen LogP contribution in [0.3, 0.4) is 0 Å². The fourth-order valence-electron chi connectivity index (χ4n) is 2.91. The zero-order valence-electron chi connectivity index (χ0n) is 12.5. The SMILES string of the molecule is CC(C)CNC(=O)C[C@@H]1CSc2nc3c(c(=O)n21)CCC3. The molecule has 1 amide bonds. The maximum atomic E-state index is 12.6. The van der Waals surface area contributed by atoms with Crippen LogP contribution in [0.2, 0.25) is 0 Å². The number of hydrogen-bond donors (Lipinski definition) is 1. The van der Waals surface area contributed by atoms with Crippen LogP contribution < -0.4 is 10.9 Å². The molecule has 114 valence electrons. The number of hydrogen-bond acceptors (Lipinski definition) is 4. The molecule has 0 saturated carbocycles. The Morgan fingerprint density at radius 2 is 2.29 bits per heavy atom. The fraction of sp³-hybridized carbons (Fsp3) is 0.667. The van der Waals surface area contributed by atoms with E-state index in [0.717, 1.165) is 41.4 Å². The summed E-state index contributed by atoms with van der Waals surface area (Å²) in [4.78, 5) is 29.2. The molecule has 0 fully saturated rings. The van der Waals surface area contributed by atoms with Gasteiger partial charge in [0.15, 0.2) is 5.16 Å². The number of nitrogens with one attached hydrogen (secondary N) is 1. The third-order valence-electron chi connectivity index (χ3n) is 4.00. The van der Waals surface area contributed by atoms with Crippen LogP contribution in [0.1, 0.15) is 44.0 Å². The second-order valence-corrected chi connectivity index (χ2v) is 7.20. The minimum atomic E-state index is -0.0527. The van der Waals surface area contributed by atoms with Crippen LogP contribution in [-0.2, 0) is 17.6 Å². The van der Waals surface area contributed by atoms with Crippen molar-refractivity contribution < 1.29 is 4.79 Å². The van der Waals surface area contributed by atoms with Gasteiger partial charge in [0.1, 0.15) is 0 Å². The number of carbonyl (C=O) groups excluding carboxylic acids is 1. The summed E-state index contributed by atoms with van der Waals surface area (Å²) < 4.78 is 1.75. The molecule has 2 heterocycles. The average Bonchev–Trinajstić information content (AvgIpc) is 3.04. The number of aryl methyl sites for hydroxylation is 1. The molecule has 0 bridgehead atoms. The molecule has 2 aliphatic rings. The van der Waals surface area contributed by atoms with Crippen LogP contribution in [-0.4, -0.2) is 27.8 Å². The van der Waals surface area contributed by atoms with Crippen LogP contribution in [0.15, 0.2) is 9.95 Å². The van der Waals surface area contributed by atoms with Crippen molar-refractivity contribution in [2.24, 2.45) is 5.92 Å². The fourth-order valence-corrected chi connectivity index (χ4v) is 4.06. The summed E-state index contributed by atoms with van der Waals surface area (Å²) in [6, 6.07) is -0.0527. The summed E-state index contributed by atoms with van der Waals surface area (Å²) in [6.45, 7) is 4.82. The second-order valence-electron chi connectivity index (χ2n) is 6.22. The quantitative estimate of drug-likeness (QED) is 0.857. The molecular weight excluding hydrogens is 286 g/mol. The van der Waals surface area contributed by atoms with Gasteiger partial charge >= 0.3 is 0 Å². The molecule has 6 heteroatoms. The first-order chi connectivity index (χ1) is 10.1. The first kappa shape index (κ1) is 14.6. The van der Waals surface area contributed by atoms with Crippen LogP contribution in [0.25, 0.3) is 0 Å². The van der Waals surface area contributed by atoms with E-state index in [4.69, 9.17) is 0 Å². The summed E-state index contributed by atoms with van der Waals surface area (Å²) >= 11 is 1.59. The number of aromatic nitrogens is 2. The highest BCUT2D eigenvalue weighted by Crippen LogP contribution is 2.33. The monoisotopic (exact) mass is 307 g/mol. The number of thioether (sulfide) groups is 1. The molecular formula is C15H21N3O2S. The lowest BCUT2D eigenvalue weighted by atomic mass is 10.2. The Bertz CT molecular complexity index is 624. The Morgan fingerprint density at radius 3 is 3.05 bits per heavy atom. The Balaban J connectivity index is 1.78. The number of fused-ring (bicyclic) bond motifs is 2. The van der Waals surface area contributed by atoms with Crippen molar-refractivity contribution in [2.75, 3.05) is 12.3 Å². The van der Waals surface area contributed by atoms with E-state index in [1.807, 2.05) is 0 Å². The number of amides is 1. The first-order valence-corrected chi connectivity index (χ1v) is 8.58. The third kappa shape index (κ3) is 2.86. The molecule has 0 spiro atoms. The lowest BCUT2D eigenvalue weighted by Crippen LogP contribution is -2.33. The number of rotatable bonds is 4. The molecule has 0 radical (unpaired) electrons. The normalized spacial score (nSPS) is 19.7. The van der Waals surface area contributed by atoms with E-state index < -0.39 is 0 Å². The van der Waals surface area contributed by atoms with Gasteiger partial charge in [-0.05, 0) is 25.2 Å². The van der Waals surface area contributed by atoms with Crippen molar-refractivity contribution in [3.05, 3.63) is 21.6 Å². The molecule has 5 nitrogen and oxygen atoms in total. The van der Waals surface area contributed by atoms with Crippen LogP contribution in [0.5, 0.6) is 0 Å².